The second-order valence-electron chi connectivity index (χ2n) is 6.64. The molecular formula is C20H24N4O3. The van der Waals surface area contributed by atoms with Crippen LogP contribution in [-0.2, 0) is 6.54 Å². The summed E-state index contributed by atoms with van der Waals surface area (Å²) < 4.78 is 5.44. The molecule has 1 aliphatic rings. The van der Waals surface area contributed by atoms with Crippen LogP contribution in [0.5, 0.6) is 5.75 Å². The van der Waals surface area contributed by atoms with Gasteiger partial charge in [-0.15, -0.1) is 0 Å². The van der Waals surface area contributed by atoms with Crippen molar-refractivity contribution in [3.63, 3.8) is 0 Å². The molecule has 0 bridgehead atoms. The first-order chi connectivity index (χ1) is 12.9. The maximum absolute atomic E-state index is 12.9. The van der Waals surface area contributed by atoms with Gasteiger partial charge in [-0.3, -0.25) is 14.7 Å². The summed E-state index contributed by atoms with van der Waals surface area (Å²) in [7, 11) is 3.37. The van der Waals surface area contributed by atoms with E-state index in [1.165, 1.54) is 0 Å². The van der Waals surface area contributed by atoms with E-state index in [1.54, 1.807) is 48.4 Å². The quantitative estimate of drug-likeness (QED) is 0.880. The monoisotopic (exact) mass is 368 g/mol. The molecule has 1 aromatic heterocycles. The molecule has 3 rings (SSSR count). The Morgan fingerprint density at radius 3 is 2.81 bits per heavy atom. The molecule has 0 radical (unpaired) electrons. The van der Waals surface area contributed by atoms with Crippen LogP contribution < -0.4 is 15.0 Å². The maximum atomic E-state index is 12.9. The molecule has 0 atom stereocenters. The van der Waals surface area contributed by atoms with Crippen molar-refractivity contribution in [2.45, 2.75) is 20.4 Å². The number of pyridine rings is 1. The summed E-state index contributed by atoms with van der Waals surface area (Å²) in [6.07, 6.45) is 1.76. The maximum Gasteiger partial charge on any atom is 0.321 e. The predicted octanol–water partition coefficient (Wildman–Crippen LogP) is 2.51. The van der Waals surface area contributed by atoms with Gasteiger partial charge in [0.05, 0.1) is 19.3 Å². The largest absolute Gasteiger partial charge is 0.496 e. The molecule has 0 spiro atoms. The van der Waals surface area contributed by atoms with E-state index in [2.05, 4.69) is 10.3 Å². The van der Waals surface area contributed by atoms with E-state index < -0.39 is 0 Å². The van der Waals surface area contributed by atoms with Crippen molar-refractivity contribution in [3.8, 4) is 5.75 Å². The molecule has 142 valence electrons. The Hall–Kier alpha value is -3.09. The number of benzene rings is 1. The summed E-state index contributed by atoms with van der Waals surface area (Å²) in [6.45, 7) is 5.46. The van der Waals surface area contributed by atoms with E-state index in [0.717, 1.165) is 28.3 Å². The standard InChI is InChI=1S/C20H24N4O3/c1-13-11-22-17(14(2)18(13)27-4)12-23(3)19(25)15-6-5-7-16(10-15)24-9-8-21-20(24)26/h5-7,10-11H,8-9,12H2,1-4H3,(H,21,26). The number of aromatic nitrogens is 1. The average molecular weight is 368 g/mol. The summed E-state index contributed by atoms with van der Waals surface area (Å²) in [5.74, 6) is 0.667. The molecule has 0 saturated carbocycles. The van der Waals surface area contributed by atoms with Gasteiger partial charge in [-0.1, -0.05) is 6.07 Å². The highest BCUT2D eigenvalue weighted by molar-refractivity contribution is 5.98. The van der Waals surface area contributed by atoms with E-state index in [-0.39, 0.29) is 11.9 Å². The fourth-order valence-corrected chi connectivity index (χ4v) is 3.27. The topological polar surface area (TPSA) is 74.8 Å². The lowest BCUT2D eigenvalue weighted by Gasteiger charge is -2.20. The number of ether oxygens (including phenoxy) is 1. The summed E-state index contributed by atoms with van der Waals surface area (Å²) in [5, 5.41) is 2.77. The number of nitrogens with zero attached hydrogens (tertiary/aromatic N) is 3. The lowest BCUT2D eigenvalue weighted by Crippen LogP contribution is -2.29. The highest BCUT2D eigenvalue weighted by Gasteiger charge is 2.22. The molecule has 1 aliphatic heterocycles. The summed E-state index contributed by atoms with van der Waals surface area (Å²) in [5.41, 5.74) is 3.94. The van der Waals surface area contributed by atoms with Crippen molar-refractivity contribution in [2.24, 2.45) is 0 Å². The Bertz CT molecular complexity index is 882. The van der Waals surface area contributed by atoms with Crippen LogP contribution in [-0.4, -0.2) is 49.1 Å². The number of nitrogens with one attached hydrogen (secondary N) is 1. The molecule has 7 heteroatoms. The van der Waals surface area contributed by atoms with Crippen LogP contribution in [0.1, 0.15) is 27.2 Å². The lowest BCUT2D eigenvalue weighted by molar-refractivity contribution is 0.0783. The second kappa shape index (κ2) is 7.65. The van der Waals surface area contributed by atoms with Crippen LogP contribution in [0.25, 0.3) is 0 Å². The number of carbonyl (C=O) groups excluding carboxylic acids is 2. The first-order valence-electron chi connectivity index (χ1n) is 8.82. The molecule has 2 aromatic rings. The van der Waals surface area contributed by atoms with Crippen LogP contribution in [0.15, 0.2) is 30.5 Å². The molecule has 2 heterocycles. The van der Waals surface area contributed by atoms with Gasteiger partial charge in [-0.25, -0.2) is 4.79 Å². The zero-order valence-corrected chi connectivity index (χ0v) is 16.1. The van der Waals surface area contributed by atoms with E-state index >= 15 is 0 Å². The molecule has 27 heavy (non-hydrogen) atoms. The molecule has 0 aliphatic carbocycles. The predicted molar refractivity (Wildman–Crippen MR) is 103 cm³/mol. The fraction of sp³-hybridized carbons (Fsp3) is 0.350. The van der Waals surface area contributed by atoms with Crippen molar-refractivity contribution >= 4 is 17.6 Å². The molecule has 3 amide bonds. The Labute approximate surface area is 158 Å². The summed E-state index contributed by atoms with van der Waals surface area (Å²) >= 11 is 0. The number of carbonyl (C=O) groups is 2. The van der Waals surface area contributed by atoms with Gasteiger partial charge in [-0.2, -0.15) is 0 Å². The van der Waals surface area contributed by atoms with Crippen LogP contribution in [0.2, 0.25) is 0 Å². The van der Waals surface area contributed by atoms with Crippen molar-refractivity contribution in [2.75, 3.05) is 32.1 Å². The molecule has 1 aromatic carbocycles. The van der Waals surface area contributed by atoms with Crippen LogP contribution >= 0.6 is 0 Å². The van der Waals surface area contributed by atoms with E-state index in [9.17, 15) is 9.59 Å². The Balaban J connectivity index is 1.79. The normalized spacial score (nSPS) is 13.5. The number of methoxy groups -OCH3 is 1. The van der Waals surface area contributed by atoms with Gasteiger partial charge < -0.3 is 15.0 Å². The van der Waals surface area contributed by atoms with Gasteiger partial charge in [-0.05, 0) is 32.0 Å². The van der Waals surface area contributed by atoms with E-state index in [0.29, 0.717) is 25.2 Å². The zero-order valence-electron chi connectivity index (χ0n) is 16.1. The van der Waals surface area contributed by atoms with Gasteiger partial charge >= 0.3 is 6.03 Å². The van der Waals surface area contributed by atoms with E-state index in [1.807, 2.05) is 19.9 Å². The second-order valence-corrected chi connectivity index (χ2v) is 6.64. The minimum Gasteiger partial charge on any atom is -0.496 e. The molecule has 1 N–H and O–H groups in total. The first kappa shape index (κ1) is 18.7. The SMILES string of the molecule is COc1c(C)cnc(CN(C)C(=O)c2cccc(N3CCNC3=O)c2)c1C. The van der Waals surface area contributed by atoms with Crippen LogP contribution in [0.4, 0.5) is 10.5 Å². The molecule has 1 fully saturated rings. The Morgan fingerprint density at radius 1 is 1.37 bits per heavy atom. The van der Waals surface area contributed by atoms with Gasteiger partial charge in [0.2, 0.25) is 0 Å². The van der Waals surface area contributed by atoms with Crippen molar-refractivity contribution in [3.05, 3.63) is 52.8 Å². The highest BCUT2D eigenvalue weighted by Crippen LogP contribution is 2.25. The fourth-order valence-electron chi connectivity index (χ4n) is 3.27. The smallest absolute Gasteiger partial charge is 0.321 e. The van der Waals surface area contributed by atoms with Crippen LogP contribution in [0.3, 0.4) is 0 Å². The molecular weight excluding hydrogens is 344 g/mol. The third-order valence-corrected chi connectivity index (χ3v) is 4.74. The molecule has 1 saturated heterocycles. The van der Waals surface area contributed by atoms with Gasteiger partial charge in [0.25, 0.3) is 5.91 Å². The number of hydrogen-bond acceptors (Lipinski definition) is 4. The van der Waals surface area contributed by atoms with Crippen molar-refractivity contribution < 1.29 is 14.3 Å². The first-order valence-corrected chi connectivity index (χ1v) is 8.82. The number of hydrogen-bond donors (Lipinski definition) is 1. The average Bonchev–Trinajstić information content (AvgIpc) is 3.10. The zero-order chi connectivity index (χ0) is 19.6. The number of amides is 3. The number of urea groups is 1. The minimum atomic E-state index is -0.139. The van der Waals surface area contributed by atoms with Gasteiger partial charge in [0, 0.05) is 48.7 Å². The van der Waals surface area contributed by atoms with Gasteiger partial charge in [0.15, 0.2) is 0 Å². The van der Waals surface area contributed by atoms with Gasteiger partial charge in [0.1, 0.15) is 5.75 Å². The highest BCUT2D eigenvalue weighted by atomic mass is 16.5. The summed E-state index contributed by atoms with van der Waals surface area (Å²) in [4.78, 5) is 32.4. The third-order valence-electron chi connectivity index (χ3n) is 4.74. The minimum absolute atomic E-state index is 0.128. The number of aryl methyl sites for hydroxylation is 1. The molecule has 0 unspecified atom stereocenters. The Morgan fingerprint density at radius 2 is 2.15 bits per heavy atom. The Kier molecular flexibility index (Phi) is 5.30. The van der Waals surface area contributed by atoms with Crippen molar-refractivity contribution in [1.82, 2.24) is 15.2 Å². The third kappa shape index (κ3) is 3.72. The van der Waals surface area contributed by atoms with Crippen LogP contribution in [0, 0.1) is 13.8 Å². The van der Waals surface area contributed by atoms with E-state index in [4.69, 9.17) is 4.74 Å². The number of rotatable bonds is 5. The summed E-state index contributed by atoms with van der Waals surface area (Å²) in [6, 6.07) is 6.99. The van der Waals surface area contributed by atoms with Crippen molar-refractivity contribution in [1.29, 1.82) is 0 Å². The number of anilines is 1. The lowest BCUT2D eigenvalue weighted by atomic mass is 10.1. The molecule has 7 nitrogen and oxygen atoms in total.